The standard InChI is InChI=1S/C20H18N6O2/c1-21-26(18-7-10-22-11-8-18)19(27)14-24-16-5-2-4-15(12-16)20(28)25-17-6-3-9-23-13-17/h2-13,24H,1,14H2,(H,25,28). The third-order valence-corrected chi connectivity index (χ3v) is 3.77. The molecule has 0 saturated heterocycles. The lowest BCUT2D eigenvalue weighted by atomic mass is 10.2. The Morgan fingerprint density at radius 3 is 2.50 bits per heavy atom. The Bertz CT molecular complexity index is 963. The summed E-state index contributed by atoms with van der Waals surface area (Å²) in [6.07, 6.45) is 6.33. The van der Waals surface area contributed by atoms with E-state index in [0.29, 0.717) is 22.6 Å². The number of nitrogens with zero attached hydrogens (tertiary/aromatic N) is 4. The van der Waals surface area contributed by atoms with E-state index in [4.69, 9.17) is 0 Å². The van der Waals surface area contributed by atoms with Crippen LogP contribution in [0.15, 0.2) is 78.4 Å². The van der Waals surface area contributed by atoms with Gasteiger partial charge in [0.15, 0.2) is 0 Å². The molecule has 0 aliphatic heterocycles. The Morgan fingerprint density at radius 1 is 1.00 bits per heavy atom. The van der Waals surface area contributed by atoms with Crippen LogP contribution in [0.5, 0.6) is 0 Å². The van der Waals surface area contributed by atoms with Crippen LogP contribution in [0.1, 0.15) is 10.4 Å². The monoisotopic (exact) mass is 374 g/mol. The minimum atomic E-state index is -0.300. The van der Waals surface area contributed by atoms with Crippen LogP contribution in [0.4, 0.5) is 17.1 Å². The number of carbonyl (C=O) groups excluding carboxylic acids is 2. The second kappa shape index (κ2) is 9.04. The second-order valence-electron chi connectivity index (χ2n) is 5.68. The number of pyridine rings is 2. The molecule has 28 heavy (non-hydrogen) atoms. The van der Waals surface area contributed by atoms with Crippen molar-refractivity contribution in [2.75, 3.05) is 22.2 Å². The van der Waals surface area contributed by atoms with E-state index in [1.807, 2.05) is 0 Å². The predicted molar refractivity (Wildman–Crippen MR) is 108 cm³/mol. The number of carbonyl (C=O) groups is 2. The molecule has 8 heteroatoms. The topological polar surface area (TPSA) is 99.6 Å². The summed E-state index contributed by atoms with van der Waals surface area (Å²) in [7, 11) is 0. The van der Waals surface area contributed by atoms with E-state index in [-0.39, 0.29) is 18.4 Å². The molecular formula is C20H18N6O2. The van der Waals surface area contributed by atoms with Crippen molar-refractivity contribution in [2.24, 2.45) is 5.10 Å². The summed E-state index contributed by atoms with van der Waals surface area (Å²) in [5, 5.41) is 10.7. The van der Waals surface area contributed by atoms with Gasteiger partial charge in [-0.25, -0.2) is 0 Å². The van der Waals surface area contributed by atoms with Crippen LogP contribution in [0, 0.1) is 0 Å². The van der Waals surface area contributed by atoms with Crippen LogP contribution >= 0.6 is 0 Å². The van der Waals surface area contributed by atoms with E-state index in [1.54, 1.807) is 73.3 Å². The largest absolute Gasteiger partial charge is 0.376 e. The Labute approximate surface area is 161 Å². The molecule has 2 amide bonds. The third kappa shape index (κ3) is 4.76. The number of hydrogen-bond acceptors (Lipinski definition) is 6. The van der Waals surface area contributed by atoms with Crippen molar-refractivity contribution in [3.63, 3.8) is 0 Å². The van der Waals surface area contributed by atoms with Gasteiger partial charge >= 0.3 is 0 Å². The maximum atomic E-state index is 12.4. The van der Waals surface area contributed by atoms with Crippen molar-refractivity contribution in [1.82, 2.24) is 9.97 Å². The summed E-state index contributed by atoms with van der Waals surface area (Å²) in [5.41, 5.74) is 2.26. The van der Waals surface area contributed by atoms with Crippen molar-refractivity contribution in [3.05, 3.63) is 78.9 Å². The molecule has 140 valence electrons. The first-order chi connectivity index (χ1) is 13.7. The molecule has 0 spiro atoms. The van der Waals surface area contributed by atoms with Crippen molar-refractivity contribution in [1.29, 1.82) is 0 Å². The zero-order chi connectivity index (χ0) is 19.8. The van der Waals surface area contributed by atoms with E-state index in [0.717, 1.165) is 0 Å². The highest BCUT2D eigenvalue weighted by Crippen LogP contribution is 2.15. The molecule has 8 nitrogen and oxygen atoms in total. The summed E-state index contributed by atoms with van der Waals surface area (Å²) < 4.78 is 0. The number of anilines is 3. The van der Waals surface area contributed by atoms with Gasteiger partial charge in [0.05, 0.1) is 24.1 Å². The maximum Gasteiger partial charge on any atom is 0.266 e. The Balaban J connectivity index is 1.63. The molecule has 3 aromatic rings. The van der Waals surface area contributed by atoms with Crippen molar-refractivity contribution in [2.45, 2.75) is 0 Å². The van der Waals surface area contributed by atoms with Crippen LogP contribution in [0.25, 0.3) is 0 Å². The SMILES string of the molecule is C=NN(C(=O)CNc1cccc(C(=O)Nc2cccnc2)c1)c1ccncc1. The minimum absolute atomic E-state index is 0.0188. The number of benzene rings is 1. The fourth-order valence-corrected chi connectivity index (χ4v) is 2.45. The number of aromatic nitrogens is 2. The first kappa shape index (κ1) is 18.7. The molecule has 0 aliphatic rings. The lowest BCUT2D eigenvalue weighted by Crippen LogP contribution is -2.31. The molecule has 0 fully saturated rings. The zero-order valence-corrected chi connectivity index (χ0v) is 14.9. The lowest BCUT2D eigenvalue weighted by molar-refractivity contribution is -0.117. The van der Waals surface area contributed by atoms with Crippen LogP contribution in [0.2, 0.25) is 0 Å². The van der Waals surface area contributed by atoms with Crippen molar-refractivity contribution >= 4 is 35.6 Å². The van der Waals surface area contributed by atoms with Gasteiger partial charge in [-0.3, -0.25) is 19.6 Å². The van der Waals surface area contributed by atoms with Gasteiger partial charge in [-0.05, 0) is 42.5 Å². The first-order valence-corrected chi connectivity index (χ1v) is 8.42. The Kier molecular flexibility index (Phi) is 6.04. The normalized spacial score (nSPS) is 10.0. The van der Waals surface area contributed by atoms with E-state index in [1.165, 1.54) is 5.01 Å². The van der Waals surface area contributed by atoms with Crippen LogP contribution < -0.4 is 15.6 Å². The highest BCUT2D eigenvalue weighted by Gasteiger charge is 2.14. The van der Waals surface area contributed by atoms with E-state index in [2.05, 4.69) is 32.4 Å². The van der Waals surface area contributed by atoms with Crippen molar-refractivity contribution < 1.29 is 9.59 Å². The third-order valence-electron chi connectivity index (χ3n) is 3.77. The van der Waals surface area contributed by atoms with Gasteiger partial charge < -0.3 is 10.6 Å². The molecule has 0 bridgehead atoms. The van der Waals surface area contributed by atoms with Crippen LogP contribution in [0.3, 0.4) is 0 Å². The Morgan fingerprint density at radius 2 is 1.79 bits per heavy atom. The lowest BCUT2D eigenvalue weighted by Gasteiger charge is -2.17. The quantitative estimate of drug-likeness (QED) is 0.489. The van der Waals surface area contributed by atoms with E-state index in [9.17, 15) is 9.59 Å². The molecule has 0 aliphatic carbocycles. The average Bonchev–Trinajstić information content (AvgIpc) is 2.74. The smallest absolute Gasteiger partial charge is 0.266 e. The molecule has 0 saturated carbocycles. The molecule has 3 rings (SSSR count). The molecule has 0 radical (unpaired) electrons. The number of hydrogen-bond donors (Lipinski definition) is 2. The molecular weight excluding hydrogens is 356 g/mol. The van der Waals surface area contributed by atoms with Gasteiger partial charge in [-0.2, -0.15) is 10.1 Å². The molecule has 0 unspecified atom stereocenters. The highest BCUT2D eigenvalue weighted by molar-refractivity contribution is 6.04. The molecule has 1 aromatic carbocycles. The van der Waals surface area contributed by atoms with Crippen LogP contribution in [-0.4, -0.2) is 35.0 Å². The van der Waals surface area contributed by atoms with Crippen LogP contribution in [-0.2, 0) is 4.79 Å². The van der Waals surface area contributed by atoms with Gasteiger partial charge in [0.2, 0.25) is 0 Å². The van der Waals surface area contributed by atoms with Gasteiger partial charge in [-0.15, -0.1) is 0 Å². The first-order valence-electron chi connectivity index (χ1n) is 8.42. The fraction of sp³-hybridized carbons (Fsp3) is 0.0500. The minimum Gasteiger partial charge on any atom is -0.376 e. The van der Waals surface area contributed by atoms with E-state index < -0.39 is 0 Å². The average molecular weight is 374 g/mol. The fourth-order valence-electron chi connectivity index (χ4n) is 2.45. The van der Waals surface area contributed by atoms with E-state index >= 15 is 0 Å². The predicted octanol–water partition coefficient (Wildman–Crippen LogP) is 2.79. The summed E-state index contributed by atoms with van der Waals surface area (Å²) in [4.78, 5) is 32.7. The second-order valence-corrected chi connectivity index (χ2v) is 5.68. The molecule has 2 aromatic heterocycles. The maximum absolute atomic E-state index is 12.4. The summed E-state index contributed by atoms with van der Waals surface area (Å²) in [6, 6.07) is 13.7. The summed E-state index contributed by atoms with van der Waals surface area (Å²) >= 11 is 0. The molecule has 2 heterocycles. The molecule has 2 N–H and O–H groups in total. The van der Waals surface area contributed by atoms with Gasteiger partial charge in [-0.1, -0.05) is 6.07 Å². The number of amides is 2. The zero-order valence-electron chi connectivity index (χ0n) is 14.9. The molecule has 0 atom stereocenters. The number of hydrazone groups is 1. The summed E-state index contributed by atoms with van der Waals surface area (Å²) in [6.45, 7) is 3.42. The number of nitrogens with one attached hydrogen (secondary N) is 2. The van der Waals surface area contributed by atoms with Gasteiger partial charge in [0.1, 0.15) is 0 Å². The van der Waals surface area contributed by atoms with Gasteiger partial charge in [0.25, 0.3) is 11.8 Å². The van der Waals surface area contributed by atoms with Crippen molar-refractivity contribution in [3.8, 4) is 0 Å². The number of rotatable bonds is 7. The highest BCUT2D eigenvalue weighted by atomic mass is 16.2. The van der Waals surface area contributed by atoms with Gasteiger partial charge in [0, 0.05) is 36.6 Å². The summed E-state index contributed by atoms with van der Waals surface area (Å²) in [5.74, 6) is -0.569. The Hall–Kier alpha value is -4.07.